The number of hydrogen-bond acceptors (Lipinski definition) is 8. The van der Waals surface area contributed by atoms with Gasteiger partial charge in [0, 0.05) is 10.6 Å². The van der Waals surface area contributed by atoms with Crippen molar-refractivity contribution in [3.63, 3.8) is 0 Å². The van der Waals surface area contributed by atoms with E-state index in [0.717, 1.165) is 16.0 Å². The summed E-state index contributed by atoms with van der Waals surface area (Å²) in [7, 11) is -3.87. The molecule has 0 aliphatic carbocycles. The van der Waals surface area contributed by atoms with Crippen molar-refractivity contribution in [2.75, 3.05) is 23.3 Å². The van der Waals surface area contributed by atoms with E-state index in [0.29, 0.717) is 0 Å². The van der Waals surface area contributed by atoms with Crippen molar-refractivity contribution >= 4 is 49.9 Å². The van der Waals surface area contributed by atoms with Crippen LogP contribution in [0, 0.1) is 6.92 Å². The van der Waals surface area contributed by atoms with Gasteiger partial charge in [-0.1, -0.05) is 54.1 Å². The van der Waals surface area contributed by atoms with E-state index in [2.05, 4.69) is 10.0 Å². The van der Waals surface area contributed by atoms with Crippen LogP contribution in [0.15, 0.2) is 89.8 Å². The molecule has 0 saturated heterocycles. The summed E-state index contributed by atoms with van der Waals surface area (Å²) in [5, 5.41) is 2.89. The quantitative estimate of drug-likeness (QED) is 0.238. The molecular weight excluding hydrogens is 552 g/mol. The van der Waals surface area contributed by atoms with Crippen LogP contribution >= 0.6 is 11.3 Å². The molecule has 0 spiro atoms. The van der Waals surface area contributed by atoms with Gasteiger partial charge in [0.15, 0.2) is 6.61 Å². The first kappa shape index (κ1) is 28.5. The van der Waals surface area contributed by atoms with E-state index in [1.165, 1.54) is 47.7 Å². The number of ether oxygens (including phenoxy) is 2. The van der Waals surface area contributed by atoms with Gasteiger partial charge >= 0.3 is 11.9 Å². The van der Waals surface area contributed by atoms with E-state index in [4.69, 9.17) is 9.47 Å². The van der Waals surface area contributed by atoms with Gasteiger partial charge < -0.3 is 14.8 Å². The molecule has 0 unspecified atom stereocenters. The van der Waals surface area contributed by atoms with Crippen molar-refractivity contribution < 1.29 is 32.3 Å². The Labute approximate surface area is 235 Å². The average Bonchev–Trinajstić information content (AvgIpc) is 3.36. The van der Waals surface area contributed by atoms with Crippen LogP contribution in [-0.4, -0.2) is 39.5 Å². The van der Waals surface area contributed by atoms with E-state index in [1.807, 2.05) is 37.3 Å². The molecule has 0 fully saturated rings. The van der Waals surface area contributed by atoms with Crippen LogP contribution in [0.4, 0.5) is 10.7 Å². The third kappa shape index (κ3) is 7.13. The summed E-state index contributed by atoms with van der Waals surface area (Å²) in [6.07, 6.45) is 0. The minimum Gasteiger partial charge on any atom is -0.462 e. The molecule has 0 aliphatic heterocycles. The Morgan fingerprint density at radius 3 is 2.27 bits per heavy atom. The minimum atomic E-state index is -3.87. The fourth-order valence-corrected chi connectivity index (χ4v) is 5.72. The van der Waals surface area contributed by atoms with Crippen LogP contribution in [0.25, 0.3) is 10.4 Å². The maximum absolute atomic E-state index is 12.7. The predicted molar refractivity (Wildman–Crippen MR) is 153 cm³/mol. The Balaban J connectivity index is 1.42. The second kappa shape index (κ2) is 12.6. The normalized spacial score (nSPS) is 10.9. The van der Waals surface area contributed by atoms with Crippen molar-refractivity contribution in [2.45, 2.75) is 18.7 Å². The van der Waals surface area contributed by atoms with Gasteiger partial charge in [-0.2, -0.15) is 0 Å². The first-order valence-corrected chi connectivity index (χ1v) is 14.5. The fourth-order valence-electron chi connectivity index (χ4n) is 3.61. The van der Waals surface area contributed by atoms with Crippen LogP contribution in [-0.2, 0) is 24.3 Å². The number of hydrogen-bond donors (Lipinski definition) is 2. The molecule has 0 atom stereocenters. The largest absolute Gasteiger partial charge is 0.462 e. The molecule has 0 saturated carbocycles. The van der Waals surface area contributed by atoms with Crippen molar-refractivity contribution in [3.05, 3.63) is 102 Å². The highest BCUT2D eigenvalue weighted by molar-refractivity contribution is 7.92. The number of amides is 1. The number of benzene rings is 3. The van der Waals surface area contributed by atoms with Gasteiger partial charge in [0.05, 0.1) is 22.6 Å². The Morgan fingerprint density at radius 1 is 0.850 bits per heavy atom. The topological polar surface area (TPSA) is 128 Å². The summed E-state index contributed by atoms with van der Waals surface area (Å²) in [5.41, 5.74) is 2.18. The lowest BCUT2D eigenvalue weighted by Gasteiger charge is -2.10. The zero-order valence-corrected chi connectivity index (χ0v) is 23.3. The Bertz CT molecular complexity index is 1630. The van der Waals surface area contributed by atoms with E-state index >= 15 is 0 Å². The molecule has 40 heavy (non-hydrogen) atoms. The lowest BCUT2D eigenvalue weighted by molar-refractivity contribution is -0.119. The second-order valence-corrected chi connectivity index (χ2v) is 11.3. The summed E-state index contributed by atoms with van der Waals surface area (Å²) >= 11 is 1.19. The van der Waals surface area contributed by atoms with Crippen LogP contribution in [0.2, 0.25) is 0 Å². The molecule has 4 rings (SSSR count). The minimum absolute atomic E-state index is 0.0478. The number of sulfonamides is 1. The molecule has 4 aromatic rings. The highest BCUT2D eigenvalue weighted by Crippen LogP contribution is 2.36. The number of carbonyl (C=O) groups is 3. The number of anilines is 2. The number of rotatable bonds is 10. The van der Waals surface area contributed by atoms with Gasteiger partial charge in [-0.15, -0.1) is 11.3 Å². The SMILES string of the molecule is CCOC(=O)c1cc(-c2ccccc2)sc1NC(=O)COC(=O)c1cccc(NS(=O)(=O)c2ccc(C)cc2)c1. The molecule has 206 valence electrons. The molecule has 11 heteroatoms. The Morgan fingerprint density at radius 2 is 1.57 bits per heavy atom. The average molecular weight is 579 g/mol. The monoisotopic (exact) mass is 578 g/mol. The fraction of sp³-hybridized carbons (Fsp3) is 0.138. The molecule has 0 aliphatic rings. The van der Waals surface area contributed by atoms with Gasteiger partial charge in [-0.3, -0.25) is 9.52 Å². The third-order valence-corrected chi connectivity index (χ3v) is 8.05. The summed E-state index contributed by atoms with van der Waals surface area (Å²) in [6, 6.07) is 23.1. The zero-order valence-electron chi connectivity index (χ0n) is 21.7. The summed E-state index contributed by atoms with van der Waals surface area (Å²) < 4.78 is 38.1. The first-order valence-electron chi connectivity index (χ1n) is 12.2. The van der Waals surface area contributed by atoms with Gasteiger partial charge in [0.25, 0.3) is 15.9 Å². The van der Waals surface area contributed by atoms with Crippen molar-refractivity contribution in [1.29, 1.82) is 0 Å². The molecule has 3 aromatic carbocycles. The Kier molecular flexibility index (Phi) is 8.97. The highest BCUT2D eigenvalue weighted by Gasteiger charge is 2.21. The van der Waals surface area contributed by atoms with Gasteiger partial charge in [-0.25, -0.2) is 18.0 Å². The molecule has 1 aromatic heterocycles. The van der Waals surface area contributed by atoms with E-state index < -0.39 is 34.5 Å². The first-order chi connectivity index (χ1) is 19.2. The standard InChI is InChI=1S/C29H26N2O7S2/c1-3-37-29(34)24-17-25(20-8-5-4-6-9-20)39-27(24)30-26(32)18-38-28(33)21-10-7-11-22(16-21)31-40(35,36)23-14-12-19(2)13-15-23/h4-17,31H,3,18H2,1-2H3,(H,30,32). The molecule has 0 bridgehead atoms. The van der Waals surface area contributed by atoms with Crippen LogP contribution < -0.4 is 10.0 Å². The van der Waals surface area contributed by atoms with Gasteiger partial charge in [0.2, 0.25) is 0 Å². The van der Waals surface area contributed by atoms with Gasteiger partial charge in [0.1, 0.15) is 5.00 Å². The number of nitrogens with one attached hydrogen (secondary N) is 2. The van der Waals surface area contributed by atoms with Crippen LogP contribution in [0.1, 0.15) is 33.2 Å². The highest BCUT2D eigenvalue weighted by atomic mass is 32.2. The molecule has 1 heterocycles. The van der Waals surface area contributed by atoms with Crippen LogP contribution in [0.3, 0.4) is 0 Å². The predicted octanol–water partition coefficient (Wildman–Crippen LogP) is 5.50. The Hall–Kier alpha value is -4.48. The lowest BCUT2D eigenvalue weighted by atomic mass is 10.1. The molecule has 1 amide bonds. The molecular formula is C29H26N2O7S2. The number of esters is 2. The maximum atomic E-state index is 12.7. The second-order valence-electron chi connectivity index (χ2n) is 8.56. The van der Waals surface area contributed by atoms with Crippen molar-refractivity contribution in [1.82, 2.24) is 0 Å². The van der Waals surface area contributed by atoms with Crippen molar-refractivity contribution in [2.24, 2.45) is 0 Å². The van der Waals surface area contributed by atoms with Crippen LogP contribution in [0.5, 0.6) is 0 Å². The lowest BCUT2D eigenvalue weighted by Crippen LogP contribution is -2.21. The summed E-state index contributed by atoms with van der Waals surface area (Å²) in [5.74, 6) is -2.07. The van der Waals surface area contributed by atoms with E-state index in [9.17, 15) is 22.8 Å². The molecule has 2 N–H and O–H groups in total. The molecule has 9 nitrogen and oxygen atoms in total. The van der Waals surface area contributed by atoms with Gasteiger partial charge in [-0.05, 0) is 55.8 Å². The maximum Gasteiger partial charge on any atom is 0.341 e. The van der Waals surface area contributed by atoms with Crippen molar-refractivity contribution in [3.8, 4) is 10.4 Å². The summed E-state index contributed by atoms with van der Waals surface area (Å²) in [6.45, 7) is 3.07. The number of carbonyl (C=O) groups excluding carboxylic acids is 3. The smallest absolute Gasteiger partial charge is 0.341 e. The van der Waals surface area contributed by atoms with E-state index in [-0.39, 0.29) is 33.3 Å². The zero-order chi connectivity index (χ0) is 28.7. The molecule has 0 radical (unpaired) electrons. The number of thiophene rings is 1. The third-order valence-electron chi connectivity index (χ3n) is 5.55. The van der Waals surface area contributed by atoms with E-state index in [1.54, 1.807) is 25.1 Å². The number of aryl methyl sites for hydroxylation is 1. The summed E-state index contributed by atoms with van der Waals surface area (Å²) in [4.78, 5) is 38.6.